The van der Waals surface area contributed by atoms with Crippen LogP contribution >= 0.6 is 11.8 Å². The molecule has 1 aromatic carbocycles. The average Bonchev–Trinajstić information content (AvgIpc) is 2.27. The fraction of sp³-hybridized carbons (Fsp3) is 0.167. The standard InChI is InChI=1S/C12H13N3OS/c1-8-6-11(13)15-12(14-8)7-17-10-4-2-9(16)3-5-10/h2-6,16H,7H2,1H3,(H2,13,14,15). The Morgan fingerprint density at radius 2 is 1.94 bits per heavy atom. The summed E-state index contributed by atoms with van der Waals surface area (Å²) in [6.45, 7) is 1.90. The molecule has 88 valence electrons. The molecule has 1 heterocycles. The first-order chi connectivity index (χ1) is 8.13. The van der Waals surface area contributed by atoms with Crippen LogP contribution in [0.15, 0.2) is 35.2 Å². The summed E-state index contributed by atoms with van der Waals surface area (Å²) in [6, 6.07) is 8.79. The van der Waals surface area contributed by atoms with Crippen LogP contribution in [-0.2, 0) is 5.75 Å². The summed E-state index contributed by atoms with van der Waals surface area (Å²) in [7, 11) is 0. The number of aryl methyl sites for hydroxylation is 1. The lowest BCUT2D eigenvalue weighted by Gasteiger charge is -2.03. The van der Waals surface area contributed by atoms with E-state index in [0.717, 1.165) is 16.4 Å². The predicted octanol–water partition coefficient (Wildman–Crippen LogP) is 2.37. The van der Waals surface area contributed by atoms with Crippen LogP contribution < -0.4 is 5.73 Å². The van der Waals surface area contributed by atoms with E-state index < -0.39 is 0 Å². The molecule has 0 fully saturated rings. The van der Waals surface area contributed by atoms with E-state index in [2.05, 4.69) is 9.97 Å². The van der Waals surface area contributed by atoms with Gasteiger partial charge in [-0.1, -0.05) is 0 Å². The fourth-order valence-corrected chi connectivity index (χ4v) is 2.16. The highest BCUT2D eigenvalue weighted by atomic mass is 32.2. The number of benzene rings is 1. The first kappa shape index (κ1) is 11.7. The van der Waals surface area contributed by atoms with E-state index in [1.54, 1.807) is 30.0 Å². The van der Waals surface area contributed by atoms with Gasteiger partial charge in [0.15, 0.2) is 0 Å². The average molecular weight is 247 g/mol. The van der Waals surface area contributed by atoms with E-state index in [9.17, 15) is 0 Å². The molecule has 3 N–H and O–H groups in total. The normalized spacial score (nSPS) is 10.4. The lowest BCUT2D eigenvalue weighted by atomic mass is 10.3. The molecule has 17 heavy (non-hydrogen) atoms. The Morgan fingerprint density at radius 3 is 2.59 bits per heavy atom. The summed E-state index contributed by atoms with van der Waals surface area (Å²) >= 11 is 1.61. The Balaban J connectivity index is 2.04. The van der Waals surface area contributed by atoms with Crippen LogP contribution in [0.4, 0.5) is 5.82 Å². The van der Waals surface area contributed by atoms with Crippen molar-refractivity contribution >= 4 is 17.6 Å². The van der Waals surface area contributed by atoms with Gasteiger partial charge in [-0.3, -0.25) is 0 Å². The van der Waals surface area contributed by atoms with Gasteiger partial charge in [-0.05, 0) is 31.2 Å². The van der Waals surface area contributed by atoms with Crippen LogP contribution in [0, 0.1) is 6.92 Å². The molecule has 0 aliphatic carbocycles. The number of aromatic hydroxyl groups is 1. The molecule has 0 aliphatic rings. The minimum Gasteiger partial charge on any atom is -0.508 e. The van der Waals surface area contributed by atoms with E-state index in [1.165, 1.54) is 0 Å². The molecule has 0 atom stereocenters. The molecule has 2 aromatic rings. The van der Waals surface area contributed by atoms with Crippen molar-refractivity contribution in [3.63, 3.8) is 0 Å². The van der Waals surface area contributed by atoms with Gasteiger partial charge in [0, 0.05) is 16.7 Å². The zero-order valence-electron chi connectivity index (χ0n) is 9.42. The van der Waals surface area contributed by atoms with Gasteiger partial charge in [-0.25, -0.2) is 9.97 Å². The molecule has 1 aromatic heterocycles. The molecular formula is C12H13N3OS. The Hall–Kier alpha value is -1.75. The molecule has 4 nitrogen and oxygen atoms in total. The van der Waals surface area contributed by atoms with Crippen LogP contribution in [0.5, 0.6) is 5.75 Å². The quantitative estimate of drug-likeness (QED) is 0.815. The fourth-order valence-electron chi connectivity index (χ4n) is 1.41. The topological polar surface area (TPSA) is 72.0 Å². The smallest absolute Gasteiger partial charge is 0.141 e. The molecule has 0 saturated carbocycles. The zero-order chi connectivity index (χ0) is 12.3. The van der Waals surface area contributed by atoms with Crippen molar-refractivity contribution in [2.75, 3.05) is 5.73 Å². The van der Waals surface area contributed by atoms with E-state index in [-0.39, 0.29) is 5.75 Å². The molecule has 0 unspecified atom stereocenters. The SMILES string of the molecule is Cc1cc(N)nc(CSc2ccc(O)cc2)n1. The van der Waals surface area contributed by atoms with Crippen LogP contribution in [0.25, 0.3) is 0 Å². The Morgan fingerprint density at radius 1 is 1.24 bits per heavy atom. The summed E-state index contributed by atoms with van der Waals surface area (Å²) in [4.78, 5) is 9.53. The second-order valence-electron chi connectivity index (χ2n) is 3.63. The molecule has 0 bridgehead atoms. The summed E-state index contributed by atoms with van der Waals surface area (Å²) < 4.78 is 0. The number of rotatable bonds is 3. The number of thioether (sulfide) groups is 1. The minimum absolute atomic E-state index is 0.269. The van der Waals surface area contributed by atoms with Gasteiger partial charge in [0.05, 0.1) is 5.75 Å². The maximum absolute atomic E-state index is 9.16. The van der Waals surface area contributed by atoms with Crippen molar-refractivity contribution in [2.24, 2.45) is 0 Å². The third-order valence-corrected chi connectivity index (χ3v) is 3.13. The highest BCUT2D eigenvalue weighted by Gasteiger charge is 2.01. The van der Waals surface area contributed by atoms with Crippen molar-refractivity contribution in [1.29, 1.82) is 0 Å². The summed E-state index contributed by atoms with van der Waals surface area (Å²) in [5.41, 5.74) is 6.53. The Labute approximate surface area is 104 Å². The highest BCUT2D eigenvalue weighted by Crippen LogP contribution is 2.23. The van der Waals surface area contributed by atoms with Gasteiger partial charge in [0.2, 0.25) is 0 Å². The van der Waals surface area contributed by atoms with Gasteiger partial charge >= 0.3 is 0 Å². The third-order valence-electron chi connectivity index (χ3n) is 2.12. The molecule has 5 heteroatoms. The summed E-state index contributed by atoms with van der Waals surface area (Å²) in [5.74, 6) is 2.15. The largest absolute Gasteiger partial charge is 0.508 e. The molecule has 0 radical (unpaired) electrons. The van der Waals surface area contributed by atoms with E-state index >= 15 is 0 Å². The first-order valence-electron chi connectivity index (χ1n) is 5.15. The second kappa shape index (κ2) is 5.05. The number of anilines is 1. The maximum Gasteiger partial charge on any atom is 0.141 e. The third kappa shape index (κ3) is 3.35. The minimum atomic E-state index is 0.269. The van der Waals surface area contributed by atoms with E-state index in [4.69, 9.17) is 10.8 Å². The number of hydrogen-bond donors (Lipinski definition) is 2. The van der Waals surface area contributed by atoms with Crippen molar-refractivity contribution in [3.05, 3.63) is 41.9 Å². The number of phenolic OH excluding ortho intramolecular Hbond substituents is 1. The van der Waals surface area contributed by atoms with Crippen LogP contribution in [-0.4, -0.2) is 15.1 Å². The van der Waals surface area contributed by atoms with E-state index in [0.29, 0.717) is 11.6 Å². The summed E-state index contributed by atoms with van der Waals surface area (Å²) in [5, 5.41) is 9.16. The number of nitrogen functional groups attached to an aromatic ring is 1. The van der Waals surface area contributed by atoms with Crippen LogP contribution in [0.2, 0.25) is 0 Å². The van der Waals surface area contributed by atoms with Crippen molar-refractivity contribution in [1.82, 2.24) is 9.97 Å². The molecular weight excluding hydrogens is 234 g/mol. The maximum atomic E-state index is 9.16. The van der Waals surface area contributed by atoms with Gasteiger partial charge in [-0.15, -0.1) is 11.8 Å². The van der Waals surface area contributed by atoms with Gasteiger partial charge in [-0.2, -0.15) is 0 Å². The Bertz CT molecular complexity index is 493. The first-order valence-corrected chi connectivity index (χ1v) is 6.14. The molecule has 0 spiro atoms. The molecule has 2 rings (SSSR count). The van der Waals surface area contributed by atoms with Crippen LogP contribution in [0.1, 0.15) is 11.5 Å². The number of nitrogens with two attached hydrogens (primary N) is 1. The molecule has 0 amide bonds. The van der Waals surface area contributed by atoms with Crippen molar-refractivity contribution < 1.29 is 5.11 Å². The van der Waals surface area contributed by atoms with Crippen LogP contribution in [0.3, 0.4) is 0 Å². The second-order valence-corrected chi connectivity index (χ2v) is 4.68. The number of phenols is 1. The highest BCUT2D eigenvalue weighted by molar-refractivity contribution is 7.98. The predicted molar refractivity (Wildman–Crippen MR) is 68.8 cm³/mol. The monoisotopic (exact) mass is 247 g/mol. The van der Waals surface area contributed by atoms with Gasteiger partial charge in [0.1, 0.15) is 17.4 Å². The lowest BCUT2D eigenvalue weighted by Crippen LogP contribution is -1.99. The number of aromatic nitrogens is 2. The van der Waals surface area contributed by atoms with Crippen molar-refractivity contribution in [3.8, 4) is 5.75 Å². The number of nitrogens with zero attached hydrogens (tertiary/aromatic N) is 2. The zero-order valence-corrected chi connectivity index (χ0v) is 10.2. The lowest BCUT2D eigenvalue weighted by molar-refractivity contribution is 0.475. The Kier molecular flexibility index (Phi) is 3.49. The van der Waals surface area contributed by atoms with E-state index in [1.807, 2.05) is 19.1 Å². The number of hydrogen-bond acceptors (Lipinski definition) is 5. The van der Waals surface area contributed by atoms with Gasteiger partial charge in [0.25, 0.3) is 0 Å². The van der Waals surface area contributed by atoms with Crippen molar-refractivity contribution in [2.45, 2.75) is 17.6 Å². The molecule has 0 aliphatic heterocycles. The molecule has 0 saturated heterocycles. The van der Waals surface area contributed by atoms with Gasteiger partial charge < -0.3 is 10.8 Å². The summed E-state index contributed by atoms with van der Waals surface area (Å²) in [6.07, 6.45) is 0.